The van der Waals surface area contributed by atoms with Gasteiger partial charge in [-0.3, -0.25) is 9.59 Å². The maximum Gasteiger partial charge on any atom is 0.334 e. The van der Waals surface area contributed by atoms with Gasteiger partial charge in [0.1, 0.15) is 12.2 Å². The first-order chi connectivity index (χ1) is 19.0. The molecule has 0 aromatic heterocycles. The Hall–Kier alpha value is -3.83. The van der Waals surface area contributed by atoms with Crippen molar-refractivity contribution < 1.29 is 14.4 Å². The van der Waals surface area contributed by atoms with Crippen LogP contribution < -0.4 is 5.32 Å². The van der Waals surface area contributed by atoms with Crippen molar-refractivity contribution in [2.75, 3.05) is 26.2 Å². The van der Waals surface area contributed by atoms with Gasteiger partial charge in [-0.15, -0.1) is 6.42 Å². The Labute approximate surface area is 231 Å². The number of hydrogen-bond acceptors (Lipinski definition) is 4. The number of rotatable bonds is 10. The normalized spacial score (nSPS) is 20.4. The van der Waals surface area contributed by atoms with Crippen LogP contribution in [0.5, 0.6) is 0 Å². The molecule has 1 N–H and O–H groups in total. The average molecular weight is 530 g/mol. The Morgan fingerprint density at radius 2 is 1.77 bits per heavy atom. The molecule has 2 aromatic carbocycles. The summed E-state index contributed by atoms with van der Waals surface area (Å²) < 4.78 is 0. The molecule has 2 aromatic rings. The molecule has 2 fully saturated rings. The van der Waals surface area contributed by atoms with Gasteiger partial charge in [0.2, 0.25) is 11.8 Å². The van der Waals surface area contributed by atoms with E-state index >= 15 is 0 Å². The van der Waals surface area contributed by atoms with Gasteiger partial charge < -0.3 is 15.1 Å². The summed E-state index contributed by atoms with van der Waals surface area (Å²) in [6, 6.07) is 17.9. The van der Waals surface area contributed by atoms with Crippen molar-refractivity contribution >= 4 is 17.8 Å². The number of hydrogen-bond donors (Lipinski definition) is 1. The highest BCUT2D eigenvalue weighted by Crippen LogP contribution is 2.35. The second kappa shape index (κ2) is 13.3. The summed E-state index contributed by atoms with van der Waals surface area (Å²) in [6.07, 6.45) is 9.16. The topological polar surface area (TPSA) is 76.2 Å². The lowest BCUT2D eigenvalue weighted by molar-refractivity contribution is -0.190. The van der Waals surface area contributed by atoms with E-state index in [1.165, 1.54) is 0 Å². The fourth-order valence-corrected chi connectivity index (χ4v) is 5.53. The minimum absolute atomic E-state index is 0.0792. The van der Waals surface area contributed by atoms with Crippen LogP contribution in [0.15, 0.2) is 60.7 Å². The highest BCUT2D eigenvalue weighted by atomic mass is 16.2. The zero-order valence-electron chi connectivity index (χ0n) is 23.0. The van der Waals surface area contributed by atoms with Crippen LogP contribution in [0.2, 0.25) is 0 Å². The van der Waals surface area contributed by atoms with Gasteiger partial charge in [-0.05, 0) is 23.5 Å². The summed E-state index contributed by atoms with van der Waals surface area (Å²) in [4.78, 5) is 44.8. The van der Waals surface area contributed by atoms with Gasteiger partial charge in [-0.1, -0.05) is 99.7 Å². The second-order valence-electron chi connectivity index (χ2n) is 10.3. The molecule has 0 radical (unpaired) electrons. The van der Waals surface area contributed by atoms with Crippen molar-refractivity contribution in [3.8, 4) is 12.3 Å². The van der Waals surface area contributed by atoms with E-state index < -0.39 is 12.2 Å². The van der Waals surface area contributed by atoms with Crippen LogP contribution in [0.3, 0.4) is 0 Å². The SMILES string of the molecule is C#CCN1CC(=O)N2C(c3ccccc3)C(=O)N(CC(CC)CCCC)C[C@@H]2N1C(=O)NCc1ccccc1. The van der Waals surface area contributed by atoms with Gasteiger partial charge in [-0.25, -0.2) is 9.80 Å². The smallest absolute Gasteiger partial charge is 0.334 e. The summed E-state index contributed by atoms with van der Waals surface area (Å²) in [7, 11) is 0. The summed E-state index contributed by atoms with van der Waals surface area (Å²) >= 11 is 0. The highest BCUT2D eigenvalue weighted by Gasteiger charge is 2.52. The second-order valence-corrected chi connectivity index (χ2v) is 10.3. The molecule has 2 aliphatic heterocycles. The van der Waals surface area contributed by atoms with Crippen molar-refractivity contribution in [1.29, 1.82) is 0 Å². The number of fused-ring (bicyclic) bond motifs is 1. The lowest BCUT2D eigenvalue weighted by Gasteiger charge is -2.55. The van der Waals surface area contributed by atoms with Crippen molar-refractivity contribution in [3.05, 3.63) is 71.8 Å². The van der Waals surface area contributed by atoms with E-state index in [1.807, 2.05) is 65.6 Å². The molecular weight excluding hydrogens is 490 g/mol. The Morgan fingerprint density at radius 1 is 1.08 bits per heavy atom. The Bertz CT molecular complexity index is 1170. The van der Waals surface area contributed by atoms with E-state index in [2.05, 4.69) is 25.1 Å². The Balaban J connectivity index is 1.69. The van der Waals surface area contributed by atoms with E-state index in [0.717, 1.165) is 36.8 Å². The van der Waals surface area contributed by atoms with Crippen LogP contribution in [0.1, 0.15) is 56.7 Å². The van der Waals surface area contributed by atoms with E-state index in [1.54, 1.807) is 14.9 Å². The number of carbonyl (C=O) groups is 3. The van der Waals surface area contributed by atoms with E-state index in [4.69, 9.17) is 6.42 Å². The quantitative estimate of drug-likeness (QED) is 0.472. The van der Waals surface area contributed by atoms with Crippen LogP contribution in [-0.4, -0.2) is 70.0 Å². The molecule has 0 bridgehead atoms. The third-order valence-corrected chi connectivity index (χ3v) is 7.63. The van der Waals surface area contributed by atoms with Gasteiger partial charge in [0.25, 0.3) is 0 Å². The van der Waals surface area contributed by atoms with Crippen molar-refractivity contribution in [2.45, 2.75) is 58.3 Å². The van der Waals surface area contributed by atoms with Gasteiger partial charge in [0, 0.05) is 13.1 Å². The fraction of sp³-hybridized carbons (Fsp3) is 0.452. The minimum Gasteiger partial charge on any atom is -0.336 e. The molecular formula is C31H39N5O3. The molecule has 2 heterocycles. The van der Waals surface area contributed by atoms with Crippen molar-refractivity contribution in [1.82, 2.24) is 25.1 Å². The number of nitrogens with one attached hydrogen (secondary N) is 1. The summed E-state index contributed by atoms with van der Waals surface area (Å²) in [5.74, 6) is 2.62. The maximum absolute atomic E-state index is 14.0. The molecule has 2 aliphatic rings. The van der Waals surface area contributed by atoms with E-state index in [-0.39, 0.29) is 37.5 Å². The molecule has 0 saturated carbocycles. The third kappa shape index (κ3) is 6.43. The number of unbranched alkanes of at least 4 members (excludes halogenated alkanes) is 1. The number of benzene rings is 2. The number of piperazine rings is 1. The molecule has 4 rings (SSSR count). The Morgan fingerprint density at radius 3 is 2.41 bits per heavy atom. The zero-order valence-corrected chi connectivity index (χ0v) is 23.0. The van der Waals surface area contributed by atoms with Crippen molar-refractivity contribution in [3.63, 3.8) is 0 Å². The van der Waals surface area contributed by atoms with Crippen LogP contribution >= 0.6 is 0 Å². The lowest BCUT2D eigenvalue weighted by Crippen LogP contribution is -2.74. The van der Waals surface area contributed by atoms with Gasteiger partial charge in [-0.2, -0.15) is 5.01 Å². The molecule has 4 amide bonds. The highest BCUT2D eigenvalue weighted by molar-refractivity contribution is 5.92. The van der Waals surface area contributed by atoms with E-state index in [0.29, 0.717) is 19.0 Å². The lowest BCUT2D eigenvalue weighted by atomic mass is 9.95. The van der Waals surface area contributed by atoms with Gasteiger partial charge in [0.15, 0.2) is 0 Å². The summed E-state index contributed by atoms with van der Waals surface area (Å²) in [6.45, 7) is 5.50. The van der Waals surface area contributed by atoms with Crippen LogP contribution in [0.4, 0.5) is 4.79 Å². The first-order valence-electron chi connectivity index (χ1n) is 13.9. The number of terminal acetylenes is 1. The largest absolute Gasteiger partial charge is 0.336 e. The number of urea groups is 1. The van der Waals surface area contributed by atoms with Gasteiger partial charge in [0.05, 0.1) is 19.6 Å². The zero-order chi connectivity index (χ0) is 27.8. The number of amides is 4. The monoisotopic (exact) mass is 529 g/mol. The third-order valence-electron chi connectivity index (χ3n) is 7.63. The number of nitrogens with zero attached hydrogens (tertiary/aromatic N) is 4. The van der Waals surface area contributed by atoms with Gasteiger partial charge >= 0.3 is 6.03 Å². The van der Waals surface area contributed by atoms with Crippen LogP contribution in [0, 0.1) is 18.3 Å². The molecule has 8 heteroatoms. The number of hydrazine groups is 1. The molecule has 0 aliphatic carbocycles. The molecule has 2 saturated heterocycles. The fourth-order valence-electron chi connectivity index (χ4n) is 5.53. The molecule has 3 atom stereocenters. The predicted molar refractivity (Wildman–Crippen MR) is 151 cm³/mol. The van der Waals surface area contributed by atoms with Crippen molar-refractivity contribution in [2.24, 2.45) is 5.92 Å². The first-order valence-corrected chi connectivity index (χ1v) is 13.9. The summed E-state index contributed by atoms with van der Waals surface area (Å²) in [5.41, 5.74) is 1.70. The first kappa shape index (κ1) is 28.2. The standard InChI is InChI=1S/C31H39N5O3/c1-4-7-14-24(6-3)21-33-22-27-35(29(30(33)38)26-17-12-9-13-18-26)28(37)23-34(19-5-2)36(27)31(39)32-20-25-15-10-8-11-16-25/h2,8-13,15-18,24,27,29H,4,6-7,14,19-23H2,1,3H3,(H,32,39)/t24?,27-,29?/m0/s1. The molecule has 0 spiro atoms. The number of carbonyl (C=O) groups excluding carboxylic acids is 3. The molecule has 206 valence electrons. The Kier molecular flexibility index (Phi) is 9.61. The minimum atomic E-state index is -0.807. The van der Waals surface area contributed by atoms with E-state index in [9.17, 15) is 14.4 Å². The molecule has 8 nitrogen and oxygen atoms in total. The summed E-state index contributed by atoms with van der Waals surface area (Å²) in [5, 5.41) is 6.18. The molecule has 2 unspecified atom stereocenters. The maximum atomic E-state index is 14.0. The predicted octanol–water partition coefficient (Wildman–Crippen LogP) is 4.02. The molecule has 39 heavy (non-hydrogen) atoms. The van der Waals surface area contributed by atoms with Crippen LogP contribution in [0.25, 0.3) is 0 Å². The average Bonchev–Trinajstić information content (AvgIpc) is 2.96. The van der Waals surface area contributed by atoms with Crippen LogP contribution in [-0.2, 0) is 16.1 Å².